The van der Waals surface area contributed by atoms with E-state index < -0.39 is 30.5 Å². The molecule has 0 spiro atoms. The molecule has 39 heavy (non-hydrogen) atoms. The minimum absolute atomic E-state index is 0.00577. The van der Waals surface area contributed by atoms with Crippen LogP contribution < -0.4 is 20.3 Å². The van der Waals surface area contributed by atoms with Crippen molar-refractivity contribution in [3.8, 4) is 17.4 Å². The second kappa shape index (κ2) is 11.8. The molecule has 8 nitrogen and oxygen atoms in total. The average molecular weight is 541 g/mol. The molecule has 0 aliphatic rings. The van der Waals surface area contributed by atoms with Crippen molar-refractivity contribution in [2.24, 2.45) is 0 Å². The van der Waals surface area contributed by atoms with E-state index in [-0.39, 0.29) is 23.9 Å². The third kappa shape index (κ3) is 7.87. The Labute approximate surface area is 221 Å². The topological polar surface area (TPSA) is 92.3 Å². The Bertz CT molecular complexity index is 1430. The first kappa shape index (κ1) is 27.3. The number of alkyl halides is 3. The second-order valence-electron chi connectivity index (χ2n) is 8.63. The summed E-state index contributed by atoms with van der Waals surface area (Å²) in [7, 11) is 3.81. The van der Waals surface area contributed by atoms with Gasteiger partial charge in [-0.15, -0.1) is 0 Å². The molecule has 0 aliphatic carbocycles. The summed E-state index contributed by atoms with van der Waals surface area (Å²) in [5.74, 6) is -0.864. The zero-order valence-electron chi connectivity index (χ0n) is 21.0. The molecule has 0 saturated carbocycles. The number of anilines is 3. The van der Waals surface area contributed by atoms with Crippen LogP contribution in [0.1, 0.15) is 15.9 Å². The van der Waals surface area contributed by atoms with E-state index in [4.69, 9.17) is 4.74 Å². The second-order valence-corrected chi connectivity index (χ2v) is 8.63. The molecule has 0 saturated heterocycles. The van der Waals surface area contributed by atoms with E-state index in [0.29, 0.717) is 16.8 Å². The van der Waals surface area contributed by atoms with Crippen molar-refractivity contribution in [1.29, 1.82) is 0 Å². The minimum atomic E-state index is -4.60. The van der Waals surface area contributed by atoms with E-state index >= 15 is 0 Å². The Balaban J connectivity index is 1.57. The van der Waals surface area contributed by atoms with Gasteiger partial charge in [-0.2, -0.15) is 28.1 Å². The van der Waals surface area contributed by atoms with Crippen LogP contribution in [-0.4, -0.2) is 47.7 Å². The maximum Gasteiger partial charge on any atom is 0.422 e. The number of amides is 1. The molecule has 0 unspecified atom stereocenters. The highest BCUT2D eigenvalue weighted by Gasteiger charge is 2.29. The van der Waals surface area contributed by atoms with Gasteiger partial charge >= 0.3 is 12.2 Å². The van der Waals surface area contributed by atoms with Crippen LogP contribution >= 0.6 is 0 Å². The van der Waals surface area contributed by atoms with Gasteiger partial charge in [-0.25, -0.2) is 4.39 Å². The molecule has 0 aliphatic heterocycles. The Hall–Kier alpha value is -4.74. The average Bonchev–Trinajstić information content (AvgIpc) is 2.91. The van der Waals surface area contributed by atoms with Crippen LogP contribution in [0.3, 0.4) is 0 Å². The van der Waals surface area contributed by atoms with Crippen LogP contribution in [0.4, 0.5) is 34.9 Å². The molecule has 12 heteroatoms. The Morgan fingerprint density at radius 3 is 2.33 bits per heavy atom. The molecule has 0 atom stereocenters. The van der Waals surface area contributed by atoms with Crippen LogP contribution in [0.2, 0.25) is 0 Å². The third-order valence-corrected chi connectivity index (χ3v) is 5.37. The number of carbonyl (C=O) groups excluding carboxylic acids is 1. The van der Waals surface area contributed by atoms with Gasteiger partial charge in [0.15, 0.2) is 12.4 Å². The normalized spacial score (nSPS) is 11.1. The highest BCUT2D eigenvalue weighted by molar-refractivity contribution is 6.04. The van der Waals surface area contributed by atoms with Crippen molar-refractivity contribution >= 4 is 23.2 Å². The van der Waals surface area contributed by atoms with Gasteiger partial charge in [-0.1, -0.05) is 24.3 Å². The van der Waals surface area contributed by atoms with Gasteiger partial charge in [0, 0.05) is 43.1 Å². The molecule has 0 fully saturated rings. The fraction of sp³-hybridized carbons (Fsp3) is 0.185. The minimum Gasteiger partial charge on any atom is -0.454 e. The number of rotatable bonds is 9. The van der Waals surface area contributed by atoms with E-state index in [1.165, 1.54) is 18.2 Å². The summed E-state index contributed by atoms with van der Waals surface area (Å²) in [6.07, 6.45) is -4.60. The number of ether oxygens (including phenoxy) is 1. The summed E-state index contributed by atoms with van der Waals surface area (Å²) < 4.78 is 56.2. The molecule has 4 aromatic rings. The quantitative estimate of drug-likeness (QED) is 0.269. The number of nitrogens with zero attached hydrogens (tertiary/aromatic N) is 4. The van der Waals surface area contributed by atoms with Gasteiger partial charge in [-0.3, -0.25) is 4.79 Å². The summed E-state index contributed by atoms with van der Waals surface area (Å²) in [5.41, 5.74) is 2.88. The molecular weight excluding hydrogens is 516 g/mol. The summed E-state index contributed by atoms with van der Waals surface area (Å²) in [6.45, 7) is -1.43. The number of hydrogen-bond acceptors (Lipinski definition) is 7. The number of carbonyl (C=O) groups is 1. The fourth-order valence-electron chi connectivity index (χ4n) is 3.40. The number of halogens is 4. The monoisotopic (exact) mass is 540 g/mol. The molecule has 0 radical (unpaired) electrons. The van der Waals surface area contributed by atoms with E-state index in [2.05, 4.69) is 25.6 Å². The van der Waals surface area contributed by atoms with Crippen molar-refractivity contribution in [1.82, 2.24) is 15.0 Å². The van der Waals surface area contributed by atoms with E-state index in [1.54, 1.807) is 42.5 Å². The zero-order valence-corrected chi connectivity index (χ0v) is 21.0. The Kier molecular flexibility index (Phi) is 8.23. The van der Waals surface area contributed by atoms with Crippen molar-refractivity contribution in [3.63, 3.8) is 0 Å². The van der Waals surface area contributed by atoms with Crippen molar-refractivity contribution < 1.29 is 27.1 Å². The van der Waals surface area contributed by atoms with E-state index in [0.717, 1.165) is 5.69 Å². The molecule has 3 aromatic carbocycles. The number of benzene rings is 3. The van der Waals surface area contributed by atoms with Crippen molar-refractivity contribution in [2.75, 3.05) is 36.2 Å². The molecule has 4 rings (SSSR count). The van der Waals surface area contributed by atoms with Crippen LogP contribution in [-0.2, 0) is 6.54 Å². The lowest BCUT2D eigenvalue weighted by Crippen LogP contribution is -2.20. The molecular formula is C27H24F4N6O2. The fourth-order valence-corrected chi connectivity index (χ4v) is 3.40. The summed E-state index contributed by atoms with van der Waals surface area (Å²) in [6, 6.07) is 18.7. The van der Waals surface area contributed by atoms with Crippen molar-refractivity contribution in [3.05, 3.63) is 89.7 Å². The van der Waals surface area contributed by atoms with Gasteiger partial charge in [-0.05, 0) is 54.1 Å². The summed E-state index contributed by atoms with van der Waals surface area (Å²) in [4.78, 5) is 27.0. The molecule has 1 heterocycles. The predicted octanol–water partition coefficient (Wildman–Crippen LogP) is 5.55. The maximum atomic E-state index is 13.2. The lowest BCUT2D eigenvalue weighted by molar-refractivity contribution is -0.154. The van der Waals surface area contributed by atoms with Crippen molar-refractivity contribution in [2.45, 2.75) is 12.7 Å². The summed E-state index contributed by atoms with van der Waals surface area (Å²) >= 11 is 0. The lowest BCUT2D eigenvalue weighted by Gasteiger charge is -2.13. The van der Waals surface area contributed by atoms with Gasteiger partial charge in [0.1, 0.15) is 5.82 Å². The molecule has 1 aromatic heterocycles. The highest BCUT2D eigenvalue weighted by atomic mass is 19.4. The highest BCUT2D eigenvalue weighted by Crippen LogP contribution is 2.23. The maximum absolute atomic E-state index is 13.2. The van der Waals surface area contributed by atoms with Gasteiger partial charge in [0.25, 0.3) is 5.91 Å². The first-order valence-electron chi connectivity index (χ1n) is 11.7. The number of aromatic nitrogens is 3. The van der Waals surface area contributed by atoms with Crippen LogP contribution in [0.25, 0.3) is 11.4 Å². The lowest BCUT2D eigenvalue weighted by atomic mass is 10.1. The van der Waals surface area contributed by atoms with Gasteiger partial charge in [0.05, 0.1) is 0 Å². The van der Waals surface area contributed by atoms with E-state index in [9.17, 15) is 22.4 Å². The number of nitrogens with one attached hydrogen (secondary N) is 2. The largest absolute Gasteiger partial charge is 0.454 e. The zero-order chi connectivity index (χ0) is 28.0. The SMILES string of the molecule is CN(C)c1ccc(NC(=O)c2cccc(-c3nc(NCc4ccc(F)cc4)nc(OCC(F)(F)F)n3)c2)cc1. The van der Waals surface area contributed by atoms with Gasteiger partial charge < -0.3 is 20.3 Å². The van der Waals surface area contributed by atoms with Crippen LogP contribution in [0.5, 0.6) is 6.01 Å². The van der Waals surface area contributed by atoms with Crippen LogP contribution in [0.15, 0.2) is 72.8 Å². The van der Waals surface area contributed by atoms with Gasteiger partial charge in [0.2, 0.25) is 5.95 Å². The smallest absolute Gasteiger partial charge is 0.422 e. The molecule has 0 bridgehead atoms. The first-order chi connectivity index (χ1) is 18.6. The van der Waals surface area contributed by atoms with E-state index in [1.807, 2.05) is 31.1 Å². The predicted molar refractivity (Wildman–Crippen MR) is 139 cm³/mol. The van der Waals surface area contributed by atoms with Crippen LogP contribution in [0, 0.1) is 5.82 Å². The third-order valence-electron chi connectivity index (χ3n) is 5.37. The molecule has 1 amide bonds. The number of hydrogen-bond donors (Lipinski definition) is 2. The molecule has 2 N–H and O–H groups in total. The Morgan fingerprint density at radius 2 is 1.67 bits per heavy atom. The first-order valence-corrected chi connectivity index (χ1v) is 11.7. The molecule has 202 valence electrons. The Morgan fingerprint density at radius 1 is 0.949 bits per heavy atom. The standard InChI is InChI=1S/C27H24F4N6O2/c1-37(2)22-12-10-21(11-13-22)33-24(38)19-5-3-4-18(14-19)23-34-25(32-15-17-6-8-20(28)9-7-17)36-26(35-23)39-16-27(29,30)31/h3-14H,15-16H2,1-2H3,(H,33,38)(H,32,34,35,36). The summed E-state index contributed by atoms with van der Waals surface area (Å²) in [5, 5.41) is 5.69.